The Labute approximate surface area is 74.2 Å². The van der Waals surface area contributed by atoms with Crippen molar-refractivity contribution in [3.8, 4) is 0 Å². The lowest BCUT2D eigenvalue weighted by molar-refractivity contribution is 0.108. The van der Waals surface area contributed by atoms with Gasteiger partial charge in [0.15, 0.2) is 0 Å². The molecule has 0 atom stereocenters. The zero-order valence-electron chi connectivity index (χ0n) is 6.13. The molecule has 0 saturated heterocycles. The van der Waals surface area contributed by atoms with Gasteiger partial charge in [-0.05, 0) is 24.4 Å². The molecule has 0 bridgehead atoms. The van der Waals surface area contributed by atoms with Crippen LogP contribution in [-0.4, -0.2) is 10.2 Å². The van der Waals surface area contributed by atoms with Gasteiger partial charge in [-0.1, -0.05) is 6.92 Å². The quantitative estimate of drug-likeness (QED) is 0.684. The maximum absolute atomic E-state index is 10.6. The second kappa shape index (κ2) is 3.83. The number of hydrogen-bond acceptors (Lipinski definition) is 3. The molecule has 0 radical (unpaired) electrons. The predicted molar refractivity (Wildman–Crippen MR) is 46.3 cm³/mol. The van der Waals surface area contributed by atoms with E-state index in [9.17, 15) is 4.79 Å². The van der Waals surface area contributed by atoms with Crippen LogP contribution in [0.2, 0.25) is 0 Å². The predicted octanol–water partition coefficient (Wildman–Crippen LogP) is 2.47. The number of hydrogen-bond donors (Lipinski definition) is 0. The van der Waals surface area contributed by atoms with Crippen LogP contribution in [0.4, 0.5) is 0 Å². The summed E-state index contributed by atoms with van der Waals surface area (Å²) in [6.07, 6.45) is 3.50. The van der Waals surface area contributed by atoms with Gasteiger partial charge in [-0.25, -0.2) is 4.98 Å². The molecule has 0 unspecified atom stereocenters. The maximum Gasteiger partial charge on any atom is 0.264 e. The zero-order valence-corrected chi connectivity index (χ0v) is 7.71. The number of thiazole rings is 1. The summed E-state index contributed by atoms with van der Waals surface area (Å²) in [5.74, 6) is 0. The topological polar surface area (TPSA) is 30.0 Å². The van der Waals surface area contributed by atoms with Crippen molar-refractivity contribution in [2.24, 2.45) is 0 Å². The van der Waals surface area contributed by atoms with E-state index in [0.29, 0.717) is 4.88 Å². The number of carbonyl (C=O) groups excluding carboxylic acids is 1. The highest BCUT2D eigenvalue weighted by molar-refractivity contribution is 7.15. The molecule has 60 valence electrons. The van der Waals surface area contributed by atoms with Gasteiger partial charge in [-0.2, -0.15) is 0 Å². The van der Waals surface area contributed by atoms with E-state index in [1.54, 1.807) is 0 Å². The fourth-order valence-corrected chi connectivity index (χ4v) is 1.75. The Kier molecular flexibility index (Phi) is 3.02. The van der Waals surface area contributed by atoms with Crippen LogP contribution in [-0.2, 0) is 6.42 Å². The Bertz CT molecular complexity index is 259. The average Bonchev–Trinajstić information content (AvgIpc) is 2.37. The van der Waals surface area contributed by atoms with Crippen molar-refractivity contribution in [3.05, 3.63) is 16.1 Å². The van der Waals surface area contributed by atoms with Crippen LogP contribution >= 0.6 is 22.9 Å². The van der Waals surface area contributed by atoms with Crippen molar-refractivity contribution < 1.29 is 4.79 Å². The fourth-order valence-electron chi connectivity index (χ4n) is 0.731. The molecule has 1 rings (SSSR count). The lowest BCUT2D eigenvalue weighted by Crippen LogP contribution is -1.79. The summed E-state index contributed by atoms with van der Waals surface area (Å²) in [4.78, 5) is 15.2. The van der Waals surface area contributed by atoms with Crippen LogP contribution in [0.1, 0.15) is 28.0 Å². The van der Waals surface area contributed by atoms with Crippen molar-refractivity contribution in [2.45, 2.75) is 19.8 Å². The Morgan fingerprint density at radius 1 is 1.82 bits per heavy atom. The minimum atomic E-state index is -0.412. The molecule has 0 aliphatic rings. The van der Waals surface area contributed by atoms with Gasteiger partial charge in [0, 0.05) is 0 Å². The third-order valence-electron chi connectivity index (χ3n) is 1.21. The minimum absolute atomic E-state index is 0.412. The van der Waals surface area contributed by atoms with Crippen molar-refractivity contribution in [3.63, 3.8) is 0 Å². The summed E-state index contributed by atoms with van der Waals surface area (Å²) < 4.78 is 0. The highest BCUT2D eigenvalue weighted by Crippen LogP contribution is 2.15. The van der Waals surface area contributed by atoms with E-state index in [0.717, 1.165) is 17.8 Å². The first kappa shape index (κ1) is 8.68. The van der Waals surface area contributed by atoms with Crippen molar-refractivity contribution >= 4 is 28.2 Å². The van der Waals surface area contributed by atoms with Crippen LogP contribution in [0.3, 0.4) is 0 Å². The summed E-state index contributed by atoms with van der Waals surface area (Å²) in [7, 11) is 0. The minimum Gasteiger partial charge on any atom is -0.275 e. The van der Waals surface area contributed by atoms with Gasteiger partial charge in [-0.15, -0.1) is 11.3 Å². The molecule has 1 aromatic rings. The van der Waals surface area contributed by atoms with Crippen LogP contribution < -0.4 is 0 Å². The third-order valence-corrected chi connectivity index (χ3v) is 2.58. The number of nitrogens with zero attached hydrogens (tertiary/aromatic N) is 1. The molecule has 0 amide bonds. The molecule has 4 heteroatoms. The van der Waals surface area contributed by atoms with E-state index in [-0.39, 0.29) is 0 Å². The van der Waals surface area contributed by atoms with Gasteiger partial charge >= 0.3 is 0 Å². The number of halogens is 1. The lowest BCUT2D eigenvalue weighted by Gasteiger charge is -1.85. The standard InChI is InChI=1S/C7H8ClNOS/c1-2-3-6-9-4-5(11-6)7(8)10/h4H,2-3H2,1H3. The van der Waals surface area contributed by atoms with Crippen LogP contribution in [0.15, 0.2) is 6.20 Å². The summed E-state index contributed by atoms with van der Waals surface area (Å²) in [6.45, 7) is 2.07. The Hall–Kier alpha value is -0.410. The van der Waals surface area contributed by atoms with Crippen LogP contribution in [0.5, 0.6) is 0 Å². The van der Waals surface area contributed by atoms with E-state index in [1.807, 2.05) is 0 Å². The van der Waals surface area contributed by atoms with Crippen molar-refractivity contribution in [1.82, 2.24) is 4.98 Å². The van der Waals surface area contributed by atoms with Crippen LogP contribution in [0.25, 0.3) is 0 Å². The molecule has 0 N–H and O–H groups in total. The monoisotopic (exact) mass is 189 g/mol. The Morgan fingerprint density at radius 2 is 2.55 bits per heavy atom. The molecule has 0 aliphatic heterocycles. The van der Waals surface area contributed by atoms with Gasteiger partial charge in [-0.3, -0.25) is 4.79 Å². The molecular weight excluding hydrogens is 182 g/mol. The van der Waals surface area contributed by atoms with Gasteiger partial charge in [0.05, 0.1) is 11.2 Å². The average molecular weight is 190 g/mol. The molecule has 11 heavy (non-hydrogen) atoms. The Balaban J connectivity index is 2.73. The molecule has 0 spiro atoms. The summed E-state index contributed by atoms with van der Waals surface area (Å²) >= 11 is 6.62. The third kappa shape index (κ3) is 2.27. The zero-order chi connectivity index (χ0) is 8.27. The normalized spacial score (nSPS) is 10.0. The van der Waals surface area contributed by atoms with Gasteiger partial charge in [0.25, 0.3) is 5.24 Å². The molecule has 0 aromatic carbocycles. The molecule has 1 heterocycles. The molecule has 2 nitrogen and oxygen atoms in total. The second-order valence-corrected chi connectivity index (χ2v) is 3.60. The number of aromatic nitrogens is 1. The lowest BCUT2D eigenvalue weighted by atomic mass is 10.4. The van der Waals surface area contributed by atoms with Gasteiger partial charge in [0.2, 0.25) is 0 Å². The largest absolute Gasteiger partial charge is 0.275 e. The first-order valence-electron chi connectivity index (χ1n) is 3.38. The maximum atomic E-state index is 10.6. The first-order chi connectivity index (χ1) is 5.24. The Morgan fingerprint density at radius 3 is 3.00 bits per heavy atom. The van der Waals surface area contributed by atoms with Gasteiger partial charge < -0.3 is 0 Å². The van der Waals surface area contributed by atoms with Crippen LogP contribution in [0, 0.1) is 0 Å². The van der Waals surface area contributed by atoms with E-state index >= 15 is 0 Å². The molecular formula is C7H8ClNOS. The van der Waals surface area contributed by atoms with E-state index < -0.39 is 5.24 Å². The summed E-state index contributed by atoms with van der Waals surface area (Å²) in [5, 5.41) is 0.571. The number of carbonyl (C=O) groups is 1. The summed E-state index contributed by atoms with van der Waals surface area (Å²) in [6, 6.07) is 0. The highest BCUT2D eigenvalue weighted by atomic mass is 35.5. The van der Waals surface area contributed by atoms with Crippen molar-refractivity contribution in [1.29, 1.82) is 0 Å². The first-order valence-corrected chi connectivity index (χ1v) is 4.58. The van der Waals surface area contributed by atoms with Gasteiger partial charge in [0.1, 0.15) is 4.88 Å². The van der Waals surface area contributed by atoms with Crippen molar-refractivity contribution in [2.75, 3.05) is 0 Å². The van der Waals surface area contributed by atoms with E-state index in [1.165, 1.54) is 17.5 Å². The number of rotatable bonds is 3. The summed E-state index contributed by atoms with van der Waals surface area (Å²) in [5.41, 5.74) is 0. The molecule has 0 fully saturated rings. The highest BCUT2D eigenvalue weighted by Gasteiger charge is 2.05. The SMILES string of the molecule is CCCc1ncc(C(=O)Cl)s1. The molecule has 0 saturated carbocycles. The van der Waals surface area contributed by atoms with E-state index in [4.69, 9.17) is 11.6 Å². The number of aryl methyl sites for hydroxylation is 1. The van der Waals surface area contributed by atoms with E-state index in [2.05, 4.69) is 11.9 Å². The molecule has 1 aromatic heterocycles. The second-order valence-electron chi connectivity index (χ2n) is 2.14. The fraction of sp³-hybridized carbons (Fsp3) is 0.429. The molecule has 0 aliphatic carbocycles. The smallest absolute Gasteiger partial charge is 0.264 e.